The van der Waals surface area contributed by atoms with Gasteiger partial charge in [0.05, 0.1) is 24.4 Å². The Bertz CT molecular complexity index is 657. The first-order chi connectivity index (χ1) is 13.5. The molecule has 4 atom stereocenters. The van der Waals surface area contributed by atoms with E-state index in [2.05, 4.69) is 0 Å². The van der Waals surface area contributed by atoms with Crippen molar-refractivity contribution in [3.05, 3.63) is 71.3 Å². The molecule has 2 heterocycles. The summed E-state index contributed by atoms with van der Waals surface area (Å²) in [6, 6.07) is 12.5. The number of hydrogen-bond acceptors (Lipinski definition) is 4. The maximum Gasteiger partial charge on any atom is 0.123 e. The number of rotatable bonds is 2. The average molecular weight is 392 g/mol. The number of ether oxygens (including phenoxy) is 2. The zero-order chi connectivity index (χ0) is 19.9. The van der Waals surface area contributed by atoms with E-state index < -0.39 is 0 Å². The van der Waals surface area contributed by atoms with Crippen molar-refractivity contribution < 1.29 is 28.5 Å². The molecule has 2 aromatic carbocycles. The fourth-order valence-electron chi connectivity index (χ4n) is 3.38. The second-order valence-corrected chi connectivity index (χ2v) is 7.18. The van der Waals surface area contributed by atoms with Crippen LogP contribution in [0.4, 0.5) is 8.78 Å². The Labute approximate surface area is 163 Å². The Kier molecular flexibility index (Phi) is 7.50. The fraction of sp³-hybridized carbons (Fsp3) is 0.455. The van der Waals surface area contributed by atoms with E-state index in [9.17, 15) is 19.0 Å². The minimum absolute atomic E-state index is 0.0839. The fourth-order valence-corrected chi connectivity index (χ4v) is 3.38. The molecule has 0 bridgehead atoms. The van der Waals surface area contributed by atoms with E-state index in [0.717, 1.165) is 11.1 Å². The van der Waals surface area contributed by atoms with Gasteiger partial charge in [0.2, 0.25) is 0 Å². The molecule has 0 unspecified atom stereocenters. The van der Waals surface area contributed by atoms with Crippen molar-refractivity contribution in [2.24, 2.45) is 0 Å². The predicted molar refractivity (Wildman–Crippen MR) is 101 cm³/mol. The van der Waals surface area contributed by atoms with Crippen molar-refractivity contribution in [2.45, 2.75) is 50.1 Å². The first-order valence-corrected chi connectivity index (χ1v) is 9.61. The lowest BCUT2D eigenvalue weighted by Gasteiger charge is -2.26. The molecule has 2 saturated heterocycles. The Balaban J connectivity index is 0.000000161. The highest BCUT2D eigenvalue weighted by Crippen LogP contribution is 2.28. The van der Waals surface area contributed by atoms with E-state index in [-0.39, 0.29) is 36.1 Å². The molecule has 28 heavy (non-hydrogen) atoms. The summed E-state index contributed by atoms with van der Waals surface area (Å²) in [7, 11) is 0. The summed E-state index contributed by atoms with van der Waals surface area (Å²) < 4.78 is 36.3. The maximum atomic E-state index is 12.6. The third kappa shape index (κ3) is 6.07. The van der Waals surface area contributed by atoms with Crippen LogP contribution in [0.3, 0.4) is 0 Å². The van der Waals surface area contributed by atoms with Crippen molar-refractivity contribution in [3.8, 4) is 0 Å². The highest BCUT2D eigenvalue weighted by molar-refractivity contribution is 5.20. The van der Waals surface area contributed by atoms with Gasteiger partial charge in [0, 0.05) is 26.1 Å². The Morgan fingerprint density at radius 1 is 0.643 bits per heavy atom. The molecular formula is C22H26F2O4. The Hall–Kier alpha value is -1.86. The number of halogens is 2. The third-order valence-corrected chi connectivity index (χ3v) is 5.00. The largest absolute Gasteiger partial charge is 0.393 e. The van der Waals surface area contributed by atoms with Gasteiger partial charge >= 0.3 is 0 Å². The number of hydrogen-bond donors (Lipinski definition) is 2. The summed E-state index contributed by atoms with van der Waals surface area (Å²) in [6.07, 6.45) is 1.84. The van der Waals surface area contributed by atoms with Gasteiger partial charge in [-0.1, -0.05) is 24.3 Å². The standard InChI is InChI=1S/2C11H13FO2/c2*12-9-3-1-8(2-4-9)11-7-10(13)5-6-14-11/h2*1-4,10-11,13H,5-7H2/t2*10-,11-/m10/s1. The van der Waals surface area contributed by atoms with Crippen LogP contribution in [-0.2, 0) is 9.47 Å². The first kappa shape index (κ1) is 20.9. The van der Waals surface area contributed by atoms with E-state index >= 15 is 0 Å². The van der Waals surface area contributed by atoms with Crippen LogP contribution in [0.25, 0.3) is 0 Å². The summed E-state index contributed by atoms with van der Waals surface area (Å²) in [4.78, 5) is 0. The lowest BCUT2D eigenvalue weighted by atomic mass is 9.99. The van der Waals surface area contributed by atoms with Crippen molar-refractivity contribution in [3.63, 3.8) is 0 Å². The summed E-state index contributed by atoms with van der Waals surface area (Å²) in [5.74, 6) is -0.491. The summed E-state index contributed by atoms with van der Waals surface area (Å²) in [6.45, 7) is 1.15. The van der Waals surface area contributed by atoms with Crippen molar-refractivity contribution in [1.29, 1.82) is 0 Å². The van der Waals surface area contributed by atoms with Crippen LogP contribution < -0.4 is 0 Å². The molecule has 0 radical (unpaired) electrons. The topological polar surface area (TPSA) is 58.9 Å². The van der Waals surface area contributed by atoms with Gasteiger partial charge in [-0.15, -0.1) is 0 Å². The van der Waals surface area contributed by atoms with Crippen LogP contribution in [0, 0.1) is 11.6 Å². The van der Waals surface area contributed by atoms with Crippen LogP contribution in [0.2, 0.25) is 0 Å². The molecule has 6 heteroatoms. The SMILES string of the molecule is O[C@@H]1CCO[C@@H](c2ccc(F)cc2)C1.O[C@H]1CCO[C@H](c2ccc(F)cc2)C1. The van der Waals surface area contributed by atoms with Crippen LogP contribution in [0.15, 0.2) is 48.5 Å². The maximum absolute atomic E-state index is 12.6. The Morgan fingerprint density at radius 3 is 1.32 bits per heavy atom. The van der Waals surface area contributed by atoms with Gasteiger partial charge in [-0.3, -0.25) is 0 Å². The molecule has 2 fully saturated rings. The lowest BCUT2D eigenvalue weighted by molar-refractivity contribution is -0.0451. The third-order valence-electron chi connectivity index (χ3n) is 5.00. The second kappa shape index (κ2) is 10.1. The molecule has 2 N–H and O–H groups in total. The molecular weight excluding hydrogens is 366 g/mol. The molecule has 2 aliphatic rings. The van der Waals surface area contributed by atoms with Gasteiger partial charge in [-0.05, 0) is 48.2 Å². The van der Waals surface area contributed by atoms with Crippen LogP contribution in [0.1, 0.15) is 49.0 Å². The molecule has 0 amide bonds. The number of aliphatic hydroxyl groups is 2. The summed E-state index contributed by atoms with van der Waals surface area (Å²) >= 11 is 0. The molecule has 2 aromatic rings. The molecule has 4 rings (SSSR count). The molecule has 152 valence electrons. The van der Waals surface area contributed by atoms with Gasteiger partial charge in [0.15, 0.2) is 0 Å². The van der Waals surface area contributed by atoms with E-state index in [0.29, 0.717) is 38.9 Å². The van der Waals surface area contributed by atoms with Gasteiger partial charge in [-0.25, -0.2) is 8.78 Å². The monoisotopic (exact) mass is 392 g/mol. The molecule has 0 saturated carbocycles. The molecule has 0 aromatic heterocycles. The van der Waals surface area contributed by atoms with E-state index in [4.69, 9.17) is 9.47 Å². The number of aliphatic hydroxyl groups excluding tert-OH is 2. The quantitative estimate of drug-likeness (QED) is 0.809. The molecule has 4 nitrogen and oxygen atoms in total. The van der Waals surface area contributed by atoms with Gasteiger partial charge in [-0.2, -0.15) is 0 Å². The normalized spacial score (nSPS) is 27.6. The predicted octanol–water partition coefficient (Wildman–Crippen LogP) is 4.08. The number of benzene rings is 2. The minimum Gasteiger partial charge on any atom is -0.393 e. The van der Waals surface area contributed by atoms with Crippen LogP contribution in [-0.4, -0.2) is 35.6 Å². The lowest BCUT2D eigenvalue weighted by Crippen LogP contribution is -2.23. The van der Waals surface area contributed by atoms with Gasteiger partial charge < -0.3 is 19.7 Å². The second-order valence-electron chi connectivity index (χ2n) is 7.18. The van der Waals surface area contributed by atoms with E-state index in [1.54, 1.807) is 24.3 Å². The zero-order valence-corrected chi connectivity index (χ0v) is 15.6. The first-order valence-electron chi connectivity index (χ1n) is 9.61. The van der Waals surface area contributed by atoms with E-state index in [1.165, 1.54) is 24.3 Å². The van der Waals surface area contributed by atoms with Crippen molar-refractivity contribution in [1.82, 2.24) is 0 Å². The molecule has 2 aliphatic heterocycles. The minimum atomic E-state index is -0.293. The molecule has 0 spiro atoms. The average Bonchev–Trinajstić information content (AvgIpc) is 2.70. The summed E-state index contributed by atoms with van der Waals surface area (Å²) in [5, 5.41) is 18.9. The smallest absolute Gasteiger partial charge is 0.123 e. The van der Waals surface area contributed by atoms with Crippen molar-refractivity contribution in [2.75, 3.05) is 13.2 Å². The van der Waals surface area contributed by atoms with Gasteiger partial charge in [0.1, 0.15) is 11.6 Å². The Morgan fingerprint density at radius 2 is 1.00 bits per heavy atom. The van der Waals surface area contributed by atoms with Crippen LogP contribution in [0.5, 0.6) is 0 Å². The highest BCUT2D eigenvalue weighted by atomic mass is 19.1. The van der Waals surface area contributed by atoms with Gasteiger partial charge in [0.25, 0.3) is 0 Å². The summed E-state index contributed by atoms with van der Waals surface area (Å²) in [5.41, 5.74) is 1.87. The van der Waals surface area contributed by atoms with Crippen molar-refractivity contribution >= 4 is 0 Å². The molecule has 0 aliphatic carbocycles. The van der Waals surface area contributed by atoms with Crippen LogP contribution >= 0.6 is 0 Å². The highest BCUT2D eigenvalue weighted by Gasteiger charge is 2.22. The zero-order valence-electron chi connectivity index (χ0n) is 15.6. The van der Waals surface area contributed by atoms with E-state index in [1.807, 2.05) is 0 Å².